The Balaban J connectivity index is 1.83. The Hall–Kier alpha value is -3.38. The van der Waals surface area contributed by atoms with Crippen molar-refractivity contribution in [3.05, 3.63) is 98.5 Å². The molecule has 6 nitrogen and oxygen atoms in total. The molecule has 0 fully saturated rings. The molecular formula is C21H16ClN3O3. The maximum absolute atomic E-state index is 13.1. The number of benzene rings is 2. The van der Waals surface area contributed by atoms with Gasteiger partial charge in [-0.05, 0) is 29.8 Å². The van der Waals surface area contributed by atoms with Crippen molar-refractivity contribution < 1.29 is 4.74 Å². The first-order valence-corrected chi connectivity index (χ1v) is 8.94. The number of hydrogen-bond acceptors (Lipinski definition) is 4. The first-order valence-electron chi connectivity index (χ1n) is 8.56. The van der Waals surface area contributed by atoms with Crippen LogP contribution in [-0.2, 0) is 6.54 Å². The Morgan fingerprint density at radius 1 is 1.04 bits per heavy atom. The van der Waals surface area contributed by atoms with E-state index in [0.717, 1.165) is 16.3 Å². The van der Waals surface area contributed by atoms with Gasteiger partial charge in [0.25, 0.3) is 5.56 Å². The Bertz CT molecular complexity index is 1280. The van der Waals surface area contributed by atoms with E-state index in [9.17, 15) is 9.59 Å². The molecule has 0 atom stereocenters. The molecule has 0 aliphatic rings. The Labute approximate surface area is 165 Å². The summed E-state index contributed by atoms with van der Waals surface area (Å²) in [7, 11) is 1.58. The van der Waals surface area contributed by atoms with Crippen molar-refractivity contribution in [2.24, 2.45) is 0 Å². The number of rotatable bonds is 4. The van der Waals surface area contributed by atoms with Gasteiger partial charge in [-0.15, -0.1) is 0 Å². The lowest BCUT2D eigenvalue weighted by molar-refractivity contribution is 0.414. The minimum atomic E-state index is -0.437. The minimum Gasteiger partial charge on any atom is -0.497 e. The maximum atomic E-state index is 13.1. The van der Waals surface area contributed by atoms with Crippen LogP contribution in [0.3, 0.4) is 0 Å². The zero-order chi connectivity index (χ0) is 19.7. The Morgan fingerprint density at radius 2 is 1.82 bits per heavy atom. The van der Waals surface area contributed by atoms with Gasteiger partial charge in [-0.2, -0.15) is 0 Å². The zero-order valence-electron chi connectivity index (χ0n) is 15.0. The van der Waals surface area contributed by atoms with Gasteiger partial charge in [-0.25, -0.2) is 4.79 Å². The third-order valence-corrected chi connectivity index (χ3v) is 4.76. The lowest BCUT2D eigenvalue weighted by atomic mass is 10.1. The van der Waals surface area contributed by atoms with Crippen LogP contribution in [-0.4, -0.2) is 21.2 Å². The largest absolute Gasteiger partial charge is 0.497 e. The summed E-state index contributed by atoms with van der Waals surface area (Å²) in [5.41, 5.74) is 0.601. The van der Waals surface area contributed by atoms with Crippen molar-refractivity contribution in [3.8, 4) is 11.4 Å². The molecule has 0 unspecified atom stereocenters. The van der Waals surface area contributed by atoms with Crippen LogP contribution in [0.2, 0.25) is 5.02 Å². The quantitative estimate of drug-likeness (QED) is 0.533. The summed E-state index contributed by atoms with van der Waals surface area (Å²) < 4.78 is 7.76. The molecule has 7 heteroatoms. The molecule has 28 heavy (non-hydrogen) atoms. The van der Waals surface area contributed by atoms with Crippen LogP contribution < -0.4 is 16.0 Å². The Kier molecular flexibility index (Phi) is 4.71. The zero-order valence-corrected chi connectivity index (χ0v) is 15.8. The van der Waals surface area contributed by atoms with E-state index in [1.54, 1.807) is 43.8 Å². The van der Waals surface area contributed by atoms with Gasteiger partial charge in [0.15, 0.2) is 0 Å². The maximum Gasteiger partial charge on any atom is 0.335 e. The summed E-state index contributed by atoms with van der Waals surface area (Å²) in [6, 6.07) is 14.0. The van der Waals surface area contributed by atoms with Gasteiger partial charge < -0.3 is 4.74 Å². The molecule has 2 aromatic heterocycles. The number of ether oxygens (including phenoxy) is 1. The average Bonchev–Trinajstić information content (AvgIpc) is 2.71. The molecular weight excluding hydrogens is 378 g/mol. The van der Waals surface area contributed by atoms with Crippen LogP contribution >= 0.6 is 11.6 Å². The van der Waals surface area contributed by atoms with E-state index in [-0.39, 0.29) is 12.1 Å². The molecule has 0 saturated carbocycles. The molecule has 4 rings (SSSR count). The topological polar surface area (TPSA) is 66.1 Å². The van der Waals surface area contributed by atoms with Crippen LogP contribution in [0, 0.1) is 0 Å². The fourth-order valence-corrected chi connectivity index (χ4v) is 3.26. The van der Waals surface area contributed by atoms with Crippen molar-refractivity contribution in [1.29, 1.82) is 0 Å². The highest BCUT2D eigenvalue weighted by Crippen LogP contribution is 2.23. The molecule has 0 aliphatic carbocycles. The summed E-state index contributed by atoms with van der Waals surface area (Å²) in [6.07, 6.45) is 4.75. The second kappa shape index (κ2) is 7.32. The van der Waals surface area contributed by atoms with Crippen molar-refractivity contribution in [1.82, 2.24) is 14.1 Å². The molecule has 0 amide bonds. The van der Waals surface area contributed by atoms with E-state index >= 15 is 0 Å². The standard InChI is InChI=1S/C21H16ClN3O3/c1-28-17-5-2-14(3-6-17)13-25-20(26)8-9-24(21(25)27)19-12-23-11-15-10-16(22)4-7-18(15)19/h2-12H,13H2,1H3. The molecule has 2 aromatic carbocycles. The van der Waals surface area contributed by atoms with Crippen LogP contribution in [0.4, 0.5) is 0 Å². The van der Waals surface area contributed by atoms with E-state index in [0.29, 0.717) is 16.5 Å². The van der Waals surface area contributed by atoms with E-state index in [4.69, 9.17) is 16.3 Å². The van der Waals surface area contributed by atoms with Crippen LogP contribution in [0.1, 0.15) is 5.56 Å². The Morgan fingerprint density at radius 3 is 2.57 bits per heavy atom. The van der Waals surface area contributed by atoms with Gasteiger partial charge >= 0.3 is 5.69 Å². The fourth-order valence-electron chi connectivity index (χ4n) is 3.08. The molecule has 0 spiro atoms. The summed E-state index contributed by atoms with van der Waals surface area (Å²) in [5, 5.41) is 2.21. The number of methoxy groups -OCH3 is 1. The smallest absolute Gasteiger partial charge is 0.335 e. The molecule has 4 aromatic rings. The van der Waals surface area contributed by atoms with Crippen LogP contribution in [0.25, 0.3) is 16.5 Å². The third kappa shape index (κ3) is 3.30. The van der Waals surface area contributed by atoms with Gasteiger partial charge in [-0.1, -0.05) is 29.8 Å². The molecule has 0 saturated heterocycles. The third-order valence-electron chi connectivity index (χ3n) is 4.53. The van der Waals surface area contributed by atoms with E-state index < -0.39 is 5.69 Å². The first-order chi connectivity index (χ1) is 13.6. The summed E-state index contributed by atoms with van der Waals surface area (Å²) in [6.45, 7) is 0.159. The first kappa shape index (κ1) is 18.0. The number of nitrogens with zero attached hydrogens (tertiary/aromatic N) is 3. The molecule has 0 bridgehead atoms. The molecule has 0 radical (unpaired) electrons. The van der Waals surface area contributed by atoms with Crippen LogP contribution in [0.15, 0.2) is 76.7 Å². The van der Waals surface area contributed by atoms with Gasteiger partial charge in [0.1, 0.15) is 5.75 Å². The van der Waals surface area contributed by atoms with E-state index in [1.165, 1.54) is 21.4 Å². The predicted molar refractivity (Wildman–Crippen MR) is 109 cm³/mol. The normalized spacial score (nSPS) is 10.9. The predicted octanol–water partition coefficient (Wildman–Crippen LogP) is 3.26. The number of aromatic nitrogens is 3. The highest BCUT2D eigenvalue weighted by atomic mass is 35.5. The summed E-state index contributed by atoms with van der Waals surface area (Å²) in [4.78, 5) is 29.6. The second-order valence-electron chi connectivity index (χ2n) is 6.26. The highest BCUT2D eigenvalue weighted by molar-refractivity contribution is 6.31. The van der Waals surface area contributed by atoms with Gasteiger partial charge in [-0.3, -0.25) is 18.9 Å². The van der Waals surface area contributed by atoms with Gasteiger partial charge in [0, 0.05) is 34.3 Å². The van der Waals surface area contributed by atoms with Crippen molar-refractivity contribution in [3.63, 3.8) is 0 Å². The SMILES string of the molecule is COc1ccc(Cn2c(=O)ccn(-c3cncc4cc(Cl)ccc34)c2=O)cc1. The van der Waals surface area contributed by atoms with Gasteiger partial charge in [0.2, 0.25) is 0 Å². The summed E-state index contributed by atoms with van der Waals surface area (Å²) >= 11 is 6.06. The number of fused-ring (bicyclic) bond motifs is 1. The minimum absolute atomic E-state index is 0.159. The number of halogens is 1. The summed E-state index contributed by atoms with van der Waals surface area (Å²) in [5.74, 6) is 0.710. The van der Waals surface area contributed by atoms with Crippen molar-refractivity contribution in [2.45, 2.75) is 6.54 Å². The highest BCUT2D eigenvalue weighted by Gasteiger charge is 2.11. The fraction of sp³-hybridized carbons (Fsp3) is 0.0952. The average molecular weight is 394 g/mol. The molecule has 0 N–H and O–H groups in total. The number of hydrogen-bond donors (Lipinski definition) is 0. The van der Waals surface area contributed by atoms with Crippen molar-refractivity contribution in [2.75, 3.05) is 7.11 Å². The molecule has 2 heterocycles. The lowest BCUT2D eigenvalue weighted by Crippen LogP contribution is -2.38. The lowest BCUT2D eigenvalue weighted by Gasteiger charge is -2.12. The van der Waals surface area contributed by atoms with E-state index in [2.05, 4.69) is 4.98 Å². The monoisotopic (exact) mass is 393 g/mol. The number of pyridine rings is 1. The molecule has 0 aliphatic heterocycles. The second-order valence-corrected chi connectivity index (χ2v) is 6.70. The van der Waals surface area contributed by atoms with E-state index in [1.807, 2.05) is 18.2 Å². The van der Waals surface area contributed by atoms with Gasteiger partial charge in [0.05, 0.1) is 25.5 Å². The van der Waals surface area contributed by atoms with Crippen LogP contribution in [0.5, 0.6) is 5.75 Å². The van der Waals surface area contributed by atoms with Crippen molar-refractivity contribution >= 4 is 22.4 Å². The molecule has 140 valence electrons.